The summed E-state index contributed by atoms with van der Waals surface area (Å²) in [4.78, 5) is 2.49. The van der Waals surface area contributed by atoms with Crippen LogP contribution in [0.1, 0.15) is 25.3 Å². The summed E-state index contributed by atoms with van der Waals surface area (Å²) >= 11 is 6.23. The zero-order valence-corrected chi connectivity index (χ0v) is 13.9. The Bertz CT molecular complexity index is 460. The highest BCUT2D eigenvalue weighted by molar-refractivity contribution is 6.32. The van der Waals surface area contributed by atoms with Gasteiger partial charge >= 0.3 is 0 Å². The molecule has 4 nitrogen and oxygen atoms in total. The van der Waals surface area contributed by atoms with Crippen LogP contribution >= 0.6 is 11.6 Å². The van der Waals surface area contributed by atoms with Gasteiger partial charge in [0.25, 0.3) is 0 Å². The fraction of sp³-hybridized carbons (Fsp3) is 0.625. The molecular formula is C16H25ClN2O2. The van der Waals surface area contributed by atoms with Crippen molar-refractivity contribution in [2.75, 3.05) is 33.9 Å². The Morgan fingerprint density at radius 3 is 2.52 bits per heavy atom. The molecular weight excluding hydrogens is 288 g/mol. The van der Waals surface area contributed by atoms with E-state index in [-0.39, 0.29) is 0 Å². The van der Waals surface area contributed by atoms with Crippen molar-refractivity contribution in [3.8, 4) is 11.5 Å². The zero-order chi connectivity index (χ0) is 15.2. The average molecular weight is 313 g/mol. The lowest BCUT2D eigenvalue weighted by molar-refractivity contribution is 0.206. The summed E-state index contributed by atoms with van der Waals surface area (Å²) < 4.78 is 10.6. The quantitative estimate of drug-likeness (QED) is 0.875. The van der Waals surface area contributed by atoms with Gasteiger partial charge in [0.1, 0.15) is 0 Å². The number of ether oxygens (including phenoxy) is 2. The molecule has 1 aliphatic heterocycles. The van der Waals surface area contributed by atoms with E-state index in [0.29, 0.717) is 22.6 Å². The van der Waals surface area contributed by atoms with E-state index in [1.165, 1.54) is 25.9 Å². The normalized spacial score (nSPS) is 17.0. The summed E-state index contributed by atoms with van der Waals surface area (Å²) in [6, 6.07) is 4.51. The highest BCUT2D eigenvalue weighted by Gasteiger charge is 2.18. The van der Waals surface area contributed by atoms with E-state index < -0.39 is 0 Å². The van der Waals surface area contributed by atoms with Crippen LogP contribution in [0.15, 0.2) is 12.1 Å². The molecule has 0 radical (unpaired) electrons. The Labute approximate surface area is 132 Å². The van der Waals surface area contributed by atoms with Gasteiger partial charge in [-0.1, -0.05) is 18.5 Å². The van der Waals surface area contributed by atoms with Crippen LogP contribution in [0, 0.1) is 0 Å². The summed E-state index contributed by atoms with van der Waals surface area (Å²) in [7, 11) is 3.23. The van der Waals surface area contributed by atoms with E-state index in [0.717, 1.165) is 18.7 Å². The topological polar surface area (TPSA) is 33.7 Å². The molecule has 21 heavy (non-hydrogen) atoms. The van der Waals surface area contributed by atoms with E-state index >= 15 is 0 Å². The molecule has 0 saturated carbocycles. The smallest absolute Gasteiger partial charge is 0.179 e. The Hall–Kier alpha value is -0.970. The minimum atomic E-state index is 0.583. The number of hydrogen-bond acceptors (Lipinski definition) is 4. The van der Waals surface area contributed by atoms with E-state index in [4.69, 9.17) is 21.1 Å². The minimum Gasteiger partial charge on any atom is -0.493 e. The van der Waals surface area contributed by atoms with E-state index in [9.17, 15) is 0 Å². The Morgan fingerprint density at radius 1 is 1.24 bits per heavy atom. The number of methoxy groups -OCH3 is 2. The van der Waals surface area contributed by atoms with Crippen LogP contribution < -0.4 is 14.8 Å². The second-order valence-corrected chi connectivity index (χ2v) is 5.81. The van der Waals surface area contributed by atoms with Crippen LogP contribution in [0.25, 0.3) is 0 Å². The second kappa shape index (κ2) is 7.87. The third kappa shape index (κ3) is 4.25. The van der Waals surface area contributed by atoms with E-state index in [2.05, 4.69) is 17.1 Å². The molecule has 5 heteroatoms. The number of benzene rings is 1. The number of nitrogens with zero attached hydrogens (tertiary/aromatic N) is 1. The number of halogens is 1. The number of rotatable bonds is 6. The molecule has 0 atom stereocenters. The number of nitrogens with one attached hydrogen (secondary N) is 1. The minimum absolute atomic E-state index is 0.583. The lowest BCUT2D eigenvalue weighted by Gasteiger charge is -2.31. The first-order valence-electron chi connectivity index (χ1n) is 7.54. The summed E-state index contributed by atoms with van der Waals surface area (Å²) in [6.45, 7) is 6.54. The van der Waals surface area contributed by atoms with Crippen molar-refractivity contribution in [3.05, 3.63) is 22.7 Å². The number of piperidine rings is 1. The monoisotopic (exact) mass is 312 g/mol. The summed E-state index contributed by atoms with van der Waals surface area (Å²) in [5.41, 5.74) is 1.12. The molecule has 1 saturated heterocycles. The van der Waals surface area contributed by atoms with Gasteiger partial charge in [-0.05, 0) is 50.2 Å². The van der Waals surface area contributed by atoms with Gasteiger partial charge in [0.15, 0.2) is 11.5 Å². The van der Waals surface area contributed by atoms with Gasteiger partial charge in [-0.3, -0.25) is 0 Å². The van der Waals surface area contributed by atoms with Crippen molar-refractivity contribution < 1.29 is 9.47 Å². The molecule has 0 bridgehead atoms. The van der Waals surface area contributed by atoms with Gasteiger partial charge in [-0.2, -0.15) is 0 Å². The SMILES string of the molecule is CCN1CCC(NCc2cc(Cl)c(OC)c(OC)c2)CC1. The van der Waals surface area contributed by atoms with Gasteiger partial charge in [0, 0.05) is 12.6 Å². The fourth-order valence-corrected chi connectivity index (χ4v) is 3.10. The molecule has 1 aromatic carbocycles. The van der Waals surface area contributed by atoms with Crippen LogP contribution in [0.3, 0.4) is 0 Å². The van der Waals surface area contributed by atoms with E-state index in [1.54, 1.807) is 14.2 Å². The molecule has 2 rings (SSSR count). The maximum absolute atomic E-state index is 6.23. The number of likely N-dealkylation sites (tertiary alicyclic amines) is 1. The Kier molecular flexibility index (Phi) is 6.15. The third-order valence-electron chi connectivity index (χ3n) is 4.12. The molecule has 0 unspecified atom stereocenters. The van der Waals surface area contributed by atoms with Crippen LogP contribution in [-0.2, 0) is 6.54 Å². The van der Waals surface area contributed by atoms with Crippen molar-refractivity contribution in [1.82, 2.24) is 10.2 Å². The van der Waals surface area contributed by atoms with Gasteiger partial charge in [0.05, 0.1) is 19.2 Å². The molecule has 1 aromatic rings. The van der Waals surface area contributed by atoms with Crippen molar-refractivity contribution >= 4 is 11.6 Å². The standard InChI is InChI=1S/C16H25ClN2O2/c1-4-19-7-5-13(6-8-19)18-11-12-9-14(17)16(21-3)15(10-12)20-2/h9-10,13,18H,4-8,11H2,1-3H3. The highest BCUT2D eigenvalue weighted by Crippen LogP contribution is 2.36. The predicted octanol–water partition coefficient (Wildman–Crippen LogP) is 2.93. The van der Waals surface area contributed by atoms with Gasteiger partial charge in [-0.25, -0.2) is 0 Å². The molecule has 0 spiro atoms. The maximum atomic E-state index is 6.23. The third-order valence-corrected chi connectivity index (χ3v) is 4.40. The number of hydrogen-bond donors (Lipinski definition) is 1. The first kappa shape index (κ1) is 16.4. The van der Waals surface area contributed by atoms with Gasteiger partial charge in [0.2, 0.25) is 0 Å². The predicted molar refractivity (Wildman–Crippen MR) is 86.5 cm³/mol. The molecule has 1 fully saturated rings. The summed E-state index contributed by atoms with van der Waals surface area (Å²) in [6.07, 6.45) is 2.41. The molecule has 1 N–H and O–H groups in total. The summed E-state index contributed by atoms with van der Waals surface area (Å²) in [5, 5.41) is 4.21. The average Bonchev–Trinajstić information content (AvgIpc) is 2.52. The molecule has 0 aromatic heterocycles. The molecule has 1 heterocycles. The van der Waals surface area contributed by atoms with Crippen molar-refractivity contribution in [2.24, 2.45) is 0 Å². The van der Waals surface area contributed by atoms with Crippen LogP contribution in [0.5, 0.6) is 11.5 Å². The van der Waals surface area contributed by atoms with Crippen LogP contribution in [0.4, 0.5) is 0 Å². The van der Waals surface area contributed by atoms with E-state index in [1.807, 2.05) is 12.1 Å². The fourth-order valence-electron chi connectivity index (χ4n) is 2.79. The van der Waals surface area contributed by atoms with Gasteiger partial charge in [-0.15, -0.1) is 0 Å². The first-order valence-corrected chi connectivity index (χ1v) is 7.91. The van der Waals surface area contributed by atoms with Crippen molar-refractivity contribution in [2.45, 2.75) is 32.4 Å². The molecule has 1 aliphatic rings. The lowest BCUT2D eigenvalue weighted by Crippen LogP contribution is -2.42. The first-order chi connectivity index (χ1) is 10.2. The largest absolute Gasteiger partial charge is 0.493 e. The Balaban J connectivity index is 1.93. The second-order valence-electron chi connectivity index (χ2n) is 5.40. The Morgan fingerprint density at radius 2 is 1.95 bits per heavy atom. The molecule has 0 amide bonds. The lowest BCUT2D eigenvalue weighted by atomic mass is 10.0. The van der Waals surface area contributed by atoms with Gasteiger partial charge < -0.3 is 19.7 Å². The van der Waals surface area contributed by atoms with Crippen molar-refractivity contribution in [3.63, 3.8) is 0 Å². The maximum Gasteiger partial charge on any atom is 0.179 e. The summed E-state index contributed by atoms with van der Waals surface area (Å²) in [5.74, 6) is 1.28. The van der Waals surface area contributed by atoms with Crippen molar-refractivity contribution in [1.29, 1.82) is 0 Å². The highest BCUT2D eigenvalue weighted by atomic mass is 35.5. The van der Waals surface area contributed by atoms with Crippen LogP contribution in [-0.4, -0.2) is 44.8 Å². The zero-order valence-electron chi connectivity index (χ0n) is 13.1. The molecule has 118 valence electrons. The molecule has 0 aliphatic carbocycles. The van der Waals surface area contributed by atoms with Crippen LogP contribution in [0.2, 0.25) is 5.02 Å².